The Bertz CT molecular complexity index is 960. The van der Waals surface area contributed by atoms with Crippen LogP contribution in [0.3, 0.4) is 0 Å². The molecule has 0 bridgehead atoms. The van der Waals surface area contributed by atoms with Gasteiger partial charge < -0.3 is 15.7 Å². The van der Waals surface area contributed by atoms with Gasteiger partial charge in [-0.25, -0.2) is 9.97 Å². The molecule has 0 saturated carbocycles. The van der Waals surface area contributed by atoms with Crippen molar-refractivity contribution < 1.29 is 5.11 Å². The van der Waals surface area contributed by atoms with Gasteiger partial charge in [-0.05, 0) is 48.7 Å². The molecule has 1 fully saturated rings. The molecule has 0 spiro atoms. The highest BCUT2D eigenvalue weighted by atomic mass is 16.3. The predicted octanol–water partition coefficient (Wildman–Crippen LogP) is 3.30. The fourth-order valence-electron chi connectivity index (χ4n) is 3.83. The maximum atomic E-state index is 9.38. The van der Waals surface area contributed by atoms with Crippen molar-refractivity contribution in [3.8, 4) is 17.0 Å². The van der Waals surface area contributed by atoms with Gasteiger partial charge in [0.25, 0.3) is 0 Å². The molecule has 1 aromatic heterocycles. The summed E-state index contributed by atoms with van der Waals surface area (Å²) >= 11 is 0. The molecular formula is C24H29N5O. The van der Waals surface area contributed by atoms with Crippen molar-refractivity contribution in [2.45, 2.75) is 25.9 Å². The normalized spacial score (nSPS) is 17.0. The number of benzene rings is 2. The molecule has 4 rings (SSSR count). The van der Waals surface area contributed by atoms with E-state index in [1.807, 2.05) is 18.2 Å². The molecule has 156 valence electrons. The molecule has 0 radical (unpaired) electrons. The molecule has 6 nitrogen and oxygen atoms in total. The van der Waals surface area contributed by atoms with E-state index in [1.54, 1.807) is 18.3 Å². The highest BCUT2D eigenvalue weighted by Gasteiger charge is 2.15. The number of nitrogens with one attached hydrogen (secondary N) is 2. The van der Waals surface area contributed by atoms with Gasteiger partial charge in [0.15, 0.2) is 0 Å². The molecule has 3 aromatic rings. The van der Waals surface area contributed by atoms with Crippen LogP contribution in [0.15, 0.2) is 60.8 Å². The van der Waals surface area contributed by atoms with E-state index in [4.69, 9.17) is 4.98 Å². The van der Waals surface area contributed by atoms with Gasteiger partial charge in [-0.1, -0.05) is 30.3 Å². The largest absolute Gasteiger partial charge is 0.508 e. The zero-order valence-corrected chi connectivity index (χ0v) is 17.4. The zero-order valence-electron chi connectivity index (χ0n) is 17.4. The number of aromatic nitrogens is 2. The van der Waals surface area contributed by atoms with E-state index < -0.39 is 0 Å². The first-order valence-electron chi connectivity index (χ1n) is 10.6. The highest BCUT2D eigenvalue weighted by molar-refractivity contribution is 5.60. The van der Waals surface area contributed by atoms with Crippen LogP contribution in [0.4, 0.5) is 5.95 Å². The molecule has 2 aromatic carbocycles. The third kappa shape index (κ3) is 5.55. The van der Waals surface area contributed by atoms with E-state index in [0.717, 1.165) is 56.0 Å². The summed E-state index contributed by atoms with van der Waals surface area (Å²) in [6.45, 7) is 7.13. The lowest BCUT2D eigenvalue weighted by Gasteiger charge is -2.31. The van der Waals surface area contributed by atoms with Crippen LogP contribution in [-0.2, 0) is 13.0 Å². The van der Waals surface area contributed by atoms with Gasteiger partial charge in [-0.15, -0.1) is 0 Å². The first-order chi connectivity index (χ1) is 14.7. The summed E-state index contributed by atoms with van der Waals surface area (Å²) in [5.41, 5.74) is 4.50. The lowest BCUT2D eigenvalue weighted by Crippen LogP contribution is -2.48. The van der Waals surface area contributed by atoms with Crippen LogP contribution in [0, 0.1) is 0 Å². The number of phenols is 1. The van der Waals surface area contributed by atoms with Crippen LogP contribution in [0.25, 0.3) is 11.3 Å². The minimum absolute atomic E-state index is 0.288. The van der Waals surface area contributed by atoms with E-state index in [-0.39, 0.29) is 5.75 Å². The lowest BCUT2D eigenvalue weighted by atomic mass is 10.1. The Morgan fingerprint density at radius 1 is 1.13 bits per heavy atom. The highest BCUT2D eigenvalue weighted by Crippen LogP contribution is 2.20. The Morgan fingerprint density at radius 3 is 2.83 bits per heavy atom. The van der Waals surface area contributed by atoms with Crippen molar-refractivity contribution in [2.75, 3.05) is 31.5 Å². The molecule has 6 heteroatoms. The number of piperazine rings is 1. The van der Waals surface area contributed by atoms with E-state index in [0.29, 0.717) is 12.0 Å². The van der Waals surface area contributed by atoms with Crippen molar-refractivity contribution in [2.24, 2.45) is 0 Å². The zero-order chi connectivity index (χ0) is 20.8. The summed E-state index contributed by atoms with van der Waals surface area (Å²) in [6, 6.07) is 18.4. The smallest absolute Gasteiger partial charge is 0.223 e. The molecule has 0 unspecified atom stereocenters. The lowest BCUT2D eigenvalue weighted by molar-refractivity contribution is 0.199. The van der Waals surface area contributed by atoms with Crippen molar-refractivity contribution in [3.05, 3.63) is 71.9 Å². The summed E-state index contributed by atoms with van der Waals surface area (Å²) in [6.07, 6.45) is 2.64. The molecule has 0 aliphatic carbocycles. The molecule has 1 aliphatic rings. The van der Waals surface area contributed by atoms with Crippen LogP contribution in [0.5, 0.6) is 5.75 Å². The van der Waals surface area contributed by atoms with Gasteiger partial charge in [0.1, 0.15) is 5.75 Å². The summed E-state index contributed by atoms with van der Waals surface area (Å²) < 4.78 is 0. The third-order valence-corrected chi connectivity index (χ3v) is 5.37. The number of anilines is 1. The van der Waals surface area contributed by atoms with Gasteiger partial charge in [-0.2, -0.15) is 0 Å². The van der Waals surface area contributed by atoms with Crippen molar-refractivity contribution in [1.82, 2.24) is 20.2 Å². The number of rotatable bonds is 7. The van der Waals surface area contributed by atoms with Crippen LogP contribution in [0.1, 0.15) is 18.1 Å². The summed E-state index contributed by atoms with van der Waals surface area (Å²) in [4.78, 5) is 11.6. The number of nitrogens with zero attached hydrogens (tertiary/aromatic N) is 3. The average Bonchev–Trinajstić information content (AvgIpc) is 2.76. The van der Waals surface area contributed by atoms with E-state index in [1.165, 1.54) is 5.56 Å². The molecule has 2 heterocycles. The number of aromatic hydroxyl groups is 1. The van der Waals surface area contributed by atoms with Crippen LogP contribution in [-0.4, -0.2) is 52.2 Å². The van der Waals surface area contributed by atoms with Gasteiger partial charge in [0.2, 0.25) is 5.95 Å². The number of phenolic OH excluding ortho intramolecular Hbond substituents is 1. The molecular weight excluding hydrogens is 374 g/mol. The standard InChI is InChI=1S/C24H29N5O/c1-18-16-29(14-13-25-18)17-20-3-2-4-21(15-20)23-10-12-27-24(28-23)26-11-9-19-5-7-22(30)8-6-19/h2-8,10,12,15,18,25,30H,9,11,13-14,16-17H2,1H3,(H,26,27,28)/t18-/m0/s1. The second kappa shape index (κ2) is 9.69. The van der Waals surface area contributed by atoms with E-state index >= 15 is 0 Å². The van der Waals surface area contributed by atoms with Crippen LogP contribution in [0.2, 0.25) is 0 Å². The second-order valence-electron chi connectivity index (χ2n) is 7.90. The second-order valence-corrected chi connectivity index (χ2v) is 7.90. The van der Waals surface area contributed by atoms with E-state index in [2.05, 4.69) is 51.7 Å². The predicted molar refractivity (Wildman–Crippen MR) is 121 cm³/mol. The van der Waals surface area contributed by atoms with Gasteiger partial charge in [0, 0.05) is 50.5 Å². The van der Waals surface area contributed by atoms with Crippen molar-refractivity contribution in [1.29, 1.82) is 0 Å². The molecule has 30 heavy (non-hydrogen) atoms. The Balaban J connectivity index is 1.38. The SMILES string of the molecule is C[C@H]1CN(Cc2cccc(-c3ccnc(NCCc4ccc(O)cc4)n3)c2)CCN1. The third-order valence-electron chi connectivity index (χ3n) is 5.37. The maximum Gasteiger partial charge on any atom is 0.223 e. The Labute approximate surface area is 178 Å². The quantitative estimate of drug-likeness (QED) is 0.562. The van der Waals surface area contributed by atoms with Crippen LogP contribution >= 0.6 is 0 Å². The van der Waals surface area contributed by atoms with Crippen molar-refractivity contribution >= 4 is 5.95 Å². The average molecular weight is 404 g/mol. The maximum absolute atomic E-state index is 9.38. The monoisotopic (exact) mass is 403 g/mol. The fourth-order valence-corrected chi connectivity index (χ4v) is 3.83. The summed E-state index contributed by atoms with van der Waals surface area (Å²) in [5, 5.41) is 16.2. The molecule has 1 saturated heterocycles. The molecule has 1 atom stereocenters. The summed E-state index contributed by atoms with van der Waals surface area (Å²) in [5.74, 6) is 0.920. The Morgan fingerprint density at radius 2 is 2.00 bits per heavy atom. The first kappa shape index (κ1) is 20.3. The van der Waals surface area contributed by atoms with Crippen molar-refractivity contribution in [3.63, 3.8) is 0 Å². The fraction of sp³-hybridized carbons (Fsp3) is 0.333. The molecule has 0 amide bonds. The minimum Gasteiger partial charge on any atom is -0.508 e. The van der Waals surface area contributed by atoms with Gasteiger partial charge >= 0.3 is 0 Å². The topological polar surface area (TPSA) is 73.3 Å². The van der Waals surface area contributed by atoms with Crippen LogP contribution < -0.4 is 10.6 Å². The summed E-state index contributed by atoms with van der Waals surface area (Å²) in [7, 11) is 0. The Hall–Kier alpha value is -2.96. The van der Waals surface area contributed by atoms with Gasteiger partial charge in [-0.3, -0.25) is 4.90 Å². The minimum atomic E-state index is 0.288. The number of hydrogen-bond donors (Lipinski definition) is 3. The first-order valence-corrected chi connectivity index (χ1v) is 10.6. The van der Waals surface area contributed by atoms with E-state index in [9.17, 15) is 5.11 Å². The van der Waals surface area contributed by atoms with Gasteiger partial charge in [0.05, 0.1) is 5.69 Å². The number of hydrogen-bond acceptors (Lipinski definition) is 6. The molecule has 3 N–H and O–H groups in total. The molecule has 1 aliphatic heterocycles. The Kier molecular flexibility index (Phi) is 6.57.